The van der Waals surface area contributed by atoms with Crippen LogP contribution >= 0.6 is 11.3 Å². The lowest BCUT2D eigenvalue weighted by Gasteiger charge is -2.14. The van der Waals surface area contributed by atoms with Crippen molar-refractivity contribution in [3.05, 3.63) is 35.2 Å². The van der Waals surface area contributed by atoms with Crippen molar-refractivity contribution in [1.29, 1.82) is 0 Å². The van der Waals surface area contributed by atoms with Crippen molar-refractivity contribution in [3.63, 3.8) is 0 Å². The summed E-state index contributed by atoms with van der Waals surface area (Å²) in [6.45, 7) is 3.94. The van der Waals surface area contributed by atoms with Crippen LogP contribution in [-0.4, -0.2) is 42.0 Å². The number of thiazole rings is 1. The Morgan fingerprint density at radius 3 is 2.64 bits per heavy atom. The van der Waals surface area contributed by atoms with E-state index >= 15 is 0 Å². The van der Waals surface area contributed by atoms with Gasteiger partial charge in [0.15, 0.2) is 5.13 Å². The standard InChI is InChI=1S/C16H20N4OS/c17-16-19-14(11-22-16)12-3-5-13(6-4-12)15(21)18-7-10-20-8-1-2-9-20/h3-6,11H,1-2,7-10H2,(H2,17,19)(H,18,21). The lowest BCUT2D eigenvalue weighted by atomic mass is 10.1. The molecule has 0 unspecified atom stereocenters. The van der Waals surface area contributed by atoms with Crippen molar-refractivity contribution in [2.45, 2.75) is 12.8 Å². The monoisotopic (exact) mass is 316 g/mol. The van der Waals surface area contributed by atoms with Crippen LogP contribution in [0.3, 0.4) is 0 Å². The molecule has 2 aromatic rings. The van der Waals surface area contributed by atoms with Gasteiger partial charge in [-0.3, -0.25) is 4.79 Å². The highest BCUT2D eigenvalue weighted by atomic mass is 32.1. The number of nitrogens with two attached hydrogens (primary N) is 1. The van der Waals surface area contributed by atoms with Gasteiger partial charge in [0.1, 0.15) is 0 Å². The Hall–Kier alpha value is -1.92. The zero-order valence-corrected chi connectivity index (χ0v) is 13.2. The van der Waals surface area contributed by atoms with Crippen LogP contribution in [0.5, 0.6) is 0 Å². The van der Waals surface area contributed by atoms with Crippen molar-refractivity contribution in [2.24, 2.45) is 0 Å². The molecule has 116 valence electrons. The van der Waals surface area contributed by atoms with Crippen molar-refractivity contribution in [3.8, 4) is 11.3 Å². The molecule has 3 rings (SSSR count). The third kappa shape index (κ3) is 3.64. The van der Waals surface area contributed by atoms with Gasteiger partial charge < -0.3 is 16.0 Å². The molecule has 0 bridgehead atoms. The SMILES string of the molecule is Nc1nc(-c2ccc(C(=O)NCCN3CCCC3)cc2)cs1. The van der Waals surface area contributed by atoms with Crippen LogP contribution in [0.25, 0.3) is 11.3 Å². The lowest BCUT2D eigenvalue weighted by Crippen LogP contribution is -2.33. The normalized spacial score (nSPS) is 15.1. The maximum Gasteiger partial charge on any atom is 0.251 e. The molecule has 22 heavy (non-hydrogen) atoms. The van der Waals surface area contributed by atoms with Gasteiger partial charge in [-0.25, -0.2) is 4.98 Å². The molecule has 1 aliphatic heterocycles. The molecule has 1 fully saturated rings. The summed E-state index contributed by atoms with van der Waals surface area (Å²) >= 11 is 1.42. The van der Waals surface area contributed by atoms with Crippen LogP contribution in [0.2, 0.25) is 0 Å². The molecule has 0 aliphatic carbocycles. The van der Waals surface area contributed by atoms with E-state index in [9.17, 15) is 4.79 Å². The van der Waals surface area contributed by atoms with Crippen molar-refractivity contribution in [2.75, 3.05) is 31.9 Å². The number of nitrogens with one attached hydrogen (secondary N) is 1. The summed E-state index contributed by atoms with van der Waals surface area (Å²) in [6, 6.07) is 7.47. The first kappa shape index (κ1) is 15.0. The van der Waals surface area contributed by atoms with Gasteiger partial charge >= 0.3 is 0 Å². The quantitative estimate of drug-likeness (QED) is 0.887. The van der Waals surface area contributed by atoms with Crippen LogP contribution in [0.4, 0.5) is 5.13 Å². The summed E-state index contributed by atoms with van der Waals surface area (Å²) in [4.78, 5) is 18.7. The van der Waals surface area contributed by atoms with Crippen molar-refractivity contribution >= 4 is 22.4 Å². The number of carbonyl (C=O) groups is 1. The number of benzene rings is 1. The average molecular weight is 316 g/mol. The smallest absolute Gasteiger partial charge is 0.251 e. The predicted molar refractivity (Wildman–Crippen MR) is 90.0 cm³/mol. The molecule has 0 atom stereocenters. The second-order valence-corrected chi connectivity index (χ2v) is 6.34. The summed E-state index contributed by atoms with van der Waals surface area (Å²) in [5.74, 6) is -0.0245. The molecule has 1 amide bonds. The average Bonchev–Trinajstić information content (AvgIpc) is 3.19. The summed E-state index contributed by atoms with van der Waals surface area (Å²) in [6.07, 6.45) is 2.55. The number of amides is 1. The van der Waals surface area contributed by atoms with Gasteiger partial charge in [-0.15, -0.1) is 11.3 Å². The van der Waals surface area contributed by atoms with Crippen molar-refractivity contribution in [1.82, 2.24) is 15.2 Å². The van der Waals surface area contributed by atoms with E-state index in [-0.39, 0.29) is 5.91 Å². The number of hydrogen-bond acceptors (Lipinski definition) is 5. The minimum atomic E-state index is -0.0245. The summed E-state index contributed by atoms with van der Waals surface area (Å²) in [5, 5.41) is 5.45. The predicted octanol–water partition coefficient (Wildman–Crippen LogP) is 2.22. The molecule has 1 aliphatic rings. The Balaban J connectivity index is 1.54. The second-order valence-electron chi connectivity index (χ2n) is 5.45. The van der Waals surface area contributed by atoms with E-state index < -0.39 is 0 Å². The first-order valence-corrected chi connectivity index (χ1v) is 8.42. The van der Waals surface area contributed by atoms with E-state index in [0.717, 1.165) is 30.9 Å². The van der Waals surface area contributed by atoms with E-state index in [2.05, 4.69) is 15.2 Å². The molecule has 0 spiro atoms. The zero-order chi connectivity index (χ0) is 15.4. The molecule has 1 saturated heterocycles. The molecular weight excluding hydrogens is 296 g/mol. The van der Waals surface area contributed by atoms with E-state index in [1.54, 1.807) is 0 Å². The first-order valence-electron chi connectivity index (χ1n) is 7.54. The number of aromatic nitrogens is 1. The number of hydrogen-bond donors (Lipinski definition) is 2. The fourth-order valence-corrected chi connectivity index (χ4v) is 3.22. The number of nitrogens with zero attached hydrogens (tertiary/aromatic N) is 2. The van der Waals surface area contributed by atoms with Gasteiger partial charge in [0.05, 0.1) is 5.69 Å². The fourth-order valence-electron chi connectivity index (χ4n) is 2.65. The maximum absolute atomic E-state index is 12.1. The molecule has 6 heteroatoms. The Kier molecular flexibility index (Phi) is 4.70. The number of carbonyl (C=O) groups excluding carboxylic acids is 1. The van der Waals surface area contributed by atoms with E-state index in [4.69, 9.17) is 5.73 Å². The molecule has 0 saturated carbocycles. The zero-order valence-electron chi connectivity index (χ0n) is 12.4. The topological polar surface area (TPSA) is 71.2 Å². The summed E-state index contributed by atoms with van der Waals surface area (Å²) < 4.78 is 0. The van der Waals surface area contributed by atoms with Gasteiger partial charge in [0, 0.05) is 29.6 Å². The highest BCUT2D eigenvalue weighted by molar-refractivity contribution is 7.13. The third-order valence-electron chi connectivity index (χ3n) is 3.88. The summed E-state index contributed by atoms with van der Waals surface area (Å²) in [5.41, 5.74) is 8.14. The minimum absolute atomic E-state index is 0.0245. The van der Waals surface area contributed by atoms with E-state index in [0.29, 0.717) is 17.2 Å². The van der Waals surface area contributed by atoms with Crippen molar-refractivity contribution < 1.29 is 4.79 Å². The van der Waals surface area contributed by atoms with Gasteiger partial charge in [0.25, 0.3) is 5.91 Å². The van der Waals surface area contributed by atoms with Crippen LogP contribution in [-0.2, 0) is 0 Å². The largest absolute Gasteiger partial charge is 0.375 e. The van der Waals surface area contributed by atoms with Gasteiger partial charge in [-0.05, 0) is 38.1 Å². The second kappa shape index (κ2) is 6.89. The number of nitrogen functional groups attached to an aromatic ring is 1. The summed E-state index contributed by atoms with van der Waals surface area (Å²) in [7, 11) is 0. The molecular formula is C16H20N4OS. The molecule has 1 aromatic heterocycles. The third-order valence-corrected chi connectivity index (χ3v) is 4.55. The van der Waals surface area contributed by atoms with Crippen LogP contribution in [0, 0.1) is 0 Å². The van der Waals surface area contributed by atoms with Crippen LogP contribution < -0.4 is 11.1 Å². The molecule has 0 radical (unpaired) electrons. The molecule has 3 N–H and O–H groups in total. The lowest BCUT2D eigenvalue weighted by molar-refractivity contribution is 0.0950. The van der Waals surface area contributed by atoms with E-state index in [1.165, 1.54) is 24.2 Å². The Morgan fingerprint density at radius 2 is 2.00 bits per heavy atom. The van der Waals surface area contributed by atoms with Gasteiger partial charge in [-0.1, -0.05) is 12.1 Å². The van der Waals surface area contributed by atoms with Crippen LogP contribution in [0.1, 0.15) is 23.2 Å². The van der Waals surface area contributed by atoms with E-state index in [1.807, 2.05) is 29.6 Å². The highest BCUT2D eigenvalue weighted by Crippen LogP contribution is 2.23. The first-order chi connectivity index (χ1) is 10.7. The van der Waals surface area contributed by atoms with Gasteiger partial charge in [0.2, 0.25) is 0 Å². The molecule has 2 heterocycles. The number of likely N-dealkylation sites (tertiary alicyclic amines) is 1. The minimum Gasteiger partial charge on any atom is -0.375 e. The molecule has 5 nitrogen and oxygen atoms in total. The Bertz CT molecular complexity index is 632. The highest BCUT2D eigenvalue weighted by Gasteiger charge is 2.12. The fraction of sp³-hybridized carbons (Fsp3) is 0.375. The Morgan fingerprint density at radius 1 is 1.27 bits per heavy atom. The number of anilines is 1. The van der Waals surface area contributed by atoms with Crippen LogP contribution in [0.15, 0.2) is 29.6 Å². The molecule has 1 aromatic carbocycles. The van der Waals surface area contributed by atoms with Gasteiger partial charge in [-0.2, -0.15) is 0 Å². The Labute approximate surface area is 134 Å². The number of rotatable bonds is 5. The maximum atomic E-state index is 12.1.